The summed E-state index contributed by atoms with van der Waals surface area (Å²) in [5.74, 6) is -0.122. The van der Waals surface area contributed by atoms with E-state index in [9.17, 15) is 9.59 Å². The number of amides is 2. The molecule has 1 aliphatic heterocycles. The lowest BCUT2D eigenvalue weighted by Gasteiger charge is -2.36. The molecule has 1 unspecified atom stereocenters. The summed E-state index contributed by atoms with van der Waals surface area (Å²) < 4.78 is 5.36. The van der Waals surface area contributed by atoms with E-state index in [1.165, 1.54) is 0 Å². The second-order valence-corrected chi connectivity index (χ2v) is 7.60. The first-order valence-corrected chi connectivity index (χ1v) is 8.81. The molecule has 0 bridgehead atoms. The average molecular weight is 368 g/mol. The Kier molecular flexibility index (Phi) is 6.30. The van der Waals surface area contributed by atoms with Crippen molar-refractivity contribution in [1.29, 1.82) is 0 Å². The fourth-order valence-corrected chi connectivity index (χ4v) is 2.87. The number of ether oxygens (including phenoxy) is 1. The maximum absolute atomic E-state index is 12.5. The second-order valence-electron chi connectivity index (χ2n) is 7.19. The Hall–Kier alpha value is -1.79. The summed E-state index contributed by atoms with van der Waals surface area (Å²) >= 11 is 6.13. The van der Waals surface area contributed by atoms with Crippen molar-refractivity contribution in [2.45, 2.75) is 38.8 Å². The van der Waals surface area contributed by atoms with Gasteiger partial charge < -0.3 is 20.3 Å². The Balaban J connectivity index is 1.86. The third kappa shape index (κ3) is 5.61. The molecule has 1 fully saturated rings. The van der Waals surface area contributed by atoms with Gasteiger partial charge in [0.1, 0.15) is 5.60 Å². The minimum absolute atomic E-state index is 0.122. The highest BCUT2D eigenvalue weighted by Crippen LogP contribution is 2.17. The lowest BCUT2D eigenvalue weighted by molar-refractivity contribution is -0.134. The third-order valence-corrected chi connectivity index (χ3v) is 4.33. The molecular weight excluding hydrogens is 342 g/mol. The molecule has 1 aliphatic rings. The normalized spacial score (nSPS) is 16.5. The van der Waals surface area contributed by atoms with Gasteiger partial charge in [-0.1, -0.05) is 29.8 Å². The van der Waals surface area contributed by atoms with Gasteiger partial charge in [0.25, 0.3) is 0 Å². The first-order chi connectivity index (χ1) is 11.7. The third-order valence-electron chi connectivity index (χ3n) is 3.96. The number of piperazine rings is 1. The van der Waals surface area contributed by atoms with Crippen LogP contribution < -0.4 is 5.73 Å². The molecule has 1 heterocycles. The van der Waals surface area contributed by atoms with E-state index in [2.05, 4.69) is 0 Å². The fraction of sp³-hybridized carbons (Fsp3) is 0.556. The summed E-state index contributed by atoms with van der Waals surface area (Å²) in [6.45, 7) is 7.29. The standard InChI is InChI=1S/C18H26ClN3O3/c1-18(2,3)25-17(24)22-10-8-21(9-11-22)16(23)15(20)12-13-6-4-5-7-14(13)19/h4-7,15H,8-12,20H2,1-3H3. The van der Waals surface area contributed by atoms with Crippen molar-refractivity contribution < 1.29 is 14.3 Å². The molecule has 0 aromatic heterocycles. The van der Waals surface area contributed by atoms with Crippen LogP contribution in [0.4, 0.5) is 4.79 Å². The zero-order valence-corrected chi connectivity index (χ0v) is 15.8. The molecular formula is C18H26ClN3O3. The van der Waals surface area contributed by atoms with Crippen LogP contribution in [0.2, 0.25) is 5.02 Å². The molecule has 1 aromatic carbocycles. The largest absolute Gasteiger partial charge is 0.444 e. The van der Waals surface area contributed by atoms with Gasteiger partial charge in [-0.05, 0) is 38.8 Å². The molecule has 0 saturated carbocycles. The smallest absolute Gasteiger partial charge is 0.410 e. The molecule has 0 spiro atoms. The molecule has 138 valence electrons. The van der Waals surface area contributed by atoms with E-state index < -0.39 is 11.6 Å². The Morgan fingerprint density at radius 1 is 1.16 bits per heavy atom. The van der Waals surface area contributed by atoms with E-state index in [1.54, 1.807) is 15.9 Å². The number of halogens is 1. The molecule has 2 N–H and O–H groups in total. The van der Waals surface area contributed by atoms with Gasteiger partial charge in [0.2, 0.25) is 5.91 Å². The van der Waals surface area contributed by atoms with Crippen molar-refractivity contribution in [3.8, 4) is 0 Å². The predicted molar refractivity (Wildman–Crippen MR) is 97.5 cm³/mol. The van der Waals surface area contributed by atoms with Crippen LogP contribution in [0.1, 0.15) is 26.3 Å². The first-order valence-electron chi connectivity index (χ1n) is 8.43. The monoisotopic (exact) mass is 367 g/mol. The molecule has 2 rings (SSSR count). The van der Waals surface area contributed by atoms with E-state index in [1.807, 2.05) is 39.0 Å². The van der Waals surface area contributed by atoms with Crippen molar-refractivity contribution in [1.82, 2.24) is 9.80 Å². The highest BCUT2D eigenvalue weighted by Gasteiger charge is 2.29. The van der Waals surface area contributed by atoms with Crippen LogP contribution in [0.5, 0.6) is 0 Å². The van der Waals surface area contributed by atoms with Crippen molar-refractivity contribution in [2.24, 2.45) is 5.73 Å². The molecule has 0 radical (unpaired) electrons. The van der Waals surface area contributed by atoms with Gasteiger partial charge in [-0.3, -0.25) is 4.79 Å². The summed E-state index contributed by atoms with van der Waals surface area (Å²) in [7, 11) is 0. The number of carbonyl (C=O) groups excluding carboxylic acids is 2. The lowest BCUT2D eigenvalue weighted by atomic mass is 10.1. The molecule has 1 aromatic rings. The Morgan fingerprint density at radius 2 is 1.72 bits per heavy atom. The highest BCUT2D eigenvalue weighted by atomic mass is 35.5. The Labute approximate surface area is 153 Å². The quantitative estimate of drug-likeness (QED) is 0.889. The average Bonchev–Trinajstić information content (AvgIpc) is 2.55. The van der Waals surface area contributed by atoms with Crippen LogP contribution in [-0.2, 0) is 16.0 Å². The summed E-state index contributed by atoms with van der Waals surface area (Å²) in [5.41, 5.74) is 6.40. The maximum Gasteiger partial charge on any atom is 0.410 e. The van der Waals surface area contributed by atoms with Gasteiger partial charge >= 0.3 is 6.09 Å². The number of nitrogens with zero attached hydrogens (tertiary/aromatic N) is 2. The first kappa shape index (κ1) is 19.5. The summed E-state index contributed by atoms with van der Waals surface area (Å²) in [6.07, 6.45) is 0.0464. The molecule has 7 heteroatoms. The fourth-order valence-electron chi connectivity index (χ4n) is 2.66. The molecule has 2 amide bonds. The van der Waals surface area contributed by atoms with E-state index in [0.717, 1.165) is 5.56 Å². The van der Waals surface area contributed by atoms with Gasteiger partial charge in [0, 0.05) is 31.2 Å². The van der Waals surface area contributed by atoms with Crippen LogP contribution >= 0.6 is 11.6 Å². The number of rotatable bonds is 3. The van der Waals surface area contributed by atoms with Gasteiger partial charge in [-0.15, -0.1) is 0 Å². The summed E-state index contributed by atoms with van der Waals surface area (Å²) in [6, 6.07) is 6.73. The van der Waals surface area contributed by atoms with Crippen molar-refractivity contribution >= 4 is 23.6 Å². The van der Waals surface area contributed by atoms with Crippen LogP contribution in [-0.4, -0.2) is 59.6 Å². The number of hydrogen-bond acceptors (Lipinski definition) is 4. The minimum Gasteiger partial charge on any atom is -0.444 e. The van der Waals surface area contributed by atoms with Crippen LogP contribution in [0, 0.1) is 0 Å². The zero-order valence-electron chi connectivity index (χ0n) is 15.0. The van der Waals surface area contributed by atoms with Crippen molar-refractivity contribution in [3.05, 3.63) is 34.9 Å². The SMILES string of the molecule is CC(C)(C)OC(=O)N1CCN(C(=O)C(N)Cc2ccccc2Cl)CC1. The van der Waals surface area contributed by atoms with Gasteiger partial charge in [0.05, 0.1) is 6.04 Å². The second kappa shape index (κ2) is 8.06. The van der Waals surface area contributed by atoms with Gasteiger partial charge in [0.15, 0.2) is 0 Å². The minimum atomic E-state index is -0.645. The number of hydrogen-bond donors (Lipinski definition) is 1. The number of nitrogens with two attached hydrogens (primary N) is 1. The molecule has 1 saturated heterocycles. The highest BCUT2D eigenvalue weighted by molar-refractivity contribution is 6.31. The van der Waals surface area contributed by atoms with Gasteiger partial charge in [-0.25, -0.2) is 4.79 Å². The Bertz CT molecular complexity index is 622. The number of carbonyl (C=O) groups is 2. The van der Waals surface area contributed by atoms with Crippen LogP contribution in [0.3, 0.4) is 0 Å². The van der Waals surface area contributed by atoms with Crippen molar-refractivity contribution in [2.75, 3.05) is 26.2 Å². The molecule has 0 aliphatic carbocycles. The van der Waals surface area contributed by atoms with E-state index in [-0.39, 0.29) is 12.0 Å². The zero-order chi connectivity index (χ0) is 18.6. The molecule has 25 heavy (non-hydrogen) atoms. The molecule has 1 atom stereocenters. The van der Waals surface area contributed by atoms with E-state index >= 15 is 0 Å². The van der Waals surface area contributed by atoms with E-state index in [0.29, 0.717) is 37.6 Å². The summed E-state index contributed by atoms with van der Waals surface area (Å²) in [4.78, 5) is 27.9. The van der Waals surface area contributed by atoms with Crippen LogP contribution in [0.15, 0.2) is 24.3 Å². The topological polar surface area (TPSA) is 75.9 Å². The summed E-state index contributed by atoms with van der Waals surface area (Å²) in [5, 5.41) is 0.612. The van der Waals surface area contributed by atoms with E-state index in [4.69, 9.17) is 22.1 Å². The Morgan fingerprint density at radius 3 is 2.28 bits per heavy atom. The maximum atomic E-state index is 12.5. The van der Waals surface area contributed by atoms with Crippen molar-refractivity contribution in [3.63, 3.8) is 0 Å². The molecule has 6 nitrogen and oxygen atoms in total. The number of benzene rings is 1. The van der Waals surface area contributed by atoms with Gasteiger partial charge in [-0.2, -0.15) is 0 Å². The lowest BCUT2D eigenvalue weighted by Crippen LogP contribution is -2.55. The van der Waals surface area contributed by atoms with Crippen LogP contribution in [0.25, 0.3) is 0 Å². The predicted octanol–water partition coefficient (Wildman–Crippen LogP) is 2.29.